The van der Waals surface area contributed by atoms with Crippen LogP contribution in [0.15, 0.2) is 20.5 Å². The Morgan fingerprint density at radius 3 is 2.78 bits per heavy atom. The molecule has 1 aliphatic rings. The van der Waals surface area contributed by atoms with Gasteiger partial charge in [0.15, 0.2) is 10.4 Å². The highest BCUT2D eigenvalue weighted by atomic mass is 79.9. The summed E-state index contributed by atoms with van der Waals surface area (Å²) in [6, 6.07) is 1.73. The maximum Gasteiger partial charge on any atom is 0.341 e. The number of anilines is 1. The lowest BCUT2D eigenvalue weighted by Crippen LogP contribution is -2.15. The van der Waals surface area contributed by atoms with Gasteiger partial charge in [0.05, 0.1) is 12.2 Å². The first kappa shape index (κ1) is 16.3. The molecule has 0 unspecified atom stereocenters. The average molecular weight is 398 g/mol. The van der Waals surface area contributed by atoms with Crippen molar-refractivity contribution in [1.29, 1.82) is 0 Å². The molecule has 1 N–H and O–H groups in total. The van der Waals surface area contributed by atoms with E-state index in [1.54, 1.807) is 19.9 Å². The van der Waals surface area contributed by atoms with Crippen LogP contribution in [0.3, 0.4) is 0 Å². The topological polar surface area (TPSA) is 68.5 Å². The van der Waals surface area contributed by atoms with Crippen molar-refractivity contribution < 1.29 is 18.7 Å². The average Bonchev–Trinajstić information content (AvgIpc) is 3.17. The van der Waals surface area contributed by atoms with Gasteiger partial charge in [-0.1, -0.05) is 0 Å². The molecular formula is C16H16BrNO4S. The summed E-state index contributed by atoms with van der Waals surface area (Å²) in [4.78, 5) is 24.7. The molecule has 0 spiro atoms. The third-order valence-corrected chi connectivity index (χ3v) is 4.94. The van der Waals surface area contributed by atoms with Gasteiger partial charge in [0.1, 0.15) is 5.00 Å². The first-order valence-electron chi connectivity index (χ1n) is 7.37. The van der Waals surface area contributed by atoms with Crippen LogP contribution in [0.4, 0.5) is 5.00 Å². The lowest BCUT2D eigenvalue weighted by atomic mass is 10.1. The summed E-state index contributed by atoms with van der Waals surface area (Å²) in [5, 5.41) is 5.24. The summed E-state index contributed by atoms with van der Waals surface area (Å²) in [6.07, 6.45) is 2.14. The zero-order chi connectivity index (χ0) is 16.6. The molecule has 0 radical (unpaired) electrons. The van der Waals surface area contributed by atoms with Crippen molar-refractivity contribution in [2.75, 3.05) is 11.9 Å². The molecule has 2 heterocycles. The van der Waals surface area contributed by atoms with Gasteiger partial charge in [-0.2, -0.15) is 0 Å². The predicted molar refractivity (Wildman–Crippen MR) is 91.3 cm³/mol. The van der Waals surface area contributed by atoms with Crippen molar-refractivity contribution in [2.45, 2.75) is 32.6 Å². The molecule has 0 aliphatic heterocycles. The van der Waals surface area contributed by atoms with Gasteiger partial charge in [-0.15, -0.1) is 11.3 Å². The molecule has 23 heavy (non-hydrogen) atoms. The van der Waals surface area contributed by atoms with Crippen LogP contribution in [0.1, 0.15) is 57.7 Å². The number of aryl methyl sites for hydroxylation is 1. The zero-order valence-electron chi connectivity index (χ0n) is 12.8. The number of ether oxygens (including phenoxy) is 1. The number of esters is 1. The van der Waals surface area contributed by atoms with Crippen LogP contribution >= 0.6 is 27.3 Å². The fraction of sp³-hybridized carbons (Fsp3) is 0.375. The second-order valence-corrected chi connectivity index (χ2v) is 7.07. The highest BCUT2D eigenvalue weighted by Gasteiger charge is 2.32. The summed E-state index contributed by atoms with van der Waals surface area (Å²) in [5.41, 5.74) is 2.18. The normalized spacial score (nSPS) is 13.9. The van der Waals surface area contributed by atoms with Gasteiger partial charge in [-0.3, -0.25) is 4.79 Å². The van der Waals surface area contributed by atoms with Crippen LogP contribution in [0.25, 0.3) is 0 Å². The number of carbonyl (C=O) groups excluding carboxylic acids is 2. The number of hydrogen-bond donors (Lipinski definition) is 1. The van der Waals surface area contributed by atoms with E-state index in [9.17, 15) is 9.59 Å². The van der Waals surface area contributed by atoms with Crippen molar-refractivity contribution >= 4 is 44.1 Å². The molecule has 1 amide bonds. The number of hydrogen-bond acceptors (Lipinski definition) is 5. The smallest absolute Gasteiger partial charge is 0.341 e. The van der Waals surface area contributed by atoms with E-state index in [1.807, 2.05) is 5.38 Å². The minimum atomic E-state index is -0.386. The molecule has 0 bridgehead atoms. The van der Waals surface area contributed by atoms with Gasteiger partial charge in [-0.25, -0.2) is 4.79 Å². The van der Waals surface area contributed by atoms with Gasteiger partial charge < -0.3 is 14.5 Å². The minimum absolute atomic E-state index is 0.230. The Kier molecular flexibility index (Phi) is 4.59. The Balaban J connectivity index is 1.89. The fourth-order valence-corrected chi connectivity index (χ4v) is 3.93. The summed E-state index contributed by atoms with van der Waals surface area (Å²) >= 11 is 4.56. The second kappa shape index (κ2) is 6.49. The number of rotatable bonds is 5. The lowest BCUT2D eigenvalue weighted by molar-refractivity contribution is 0.0527. The number of furan rings is 1. The van der Waals surface area contributed by atoms with E-state index < -0.39 is 0 Å². The van der Waals surface area contributed by atoms with Gasteiger partial charge in [0, 0.05) is 5.56 Å². The standard InChI is InChI=1S/C16H16BrNO4S/c1-3-21-16(20)12-10(9-4-5-9)7-23-15(12)18-14(19)13-8(2)6-11(17)22-13/h6-7,9H,3-5H2,1-2H3,(H,18,19). The number of amides is 1. The molecule has 3 rings (SSSR count). The third kappa shape index (κ3) is 3.35. The molecule has 0 atom stereocenters. The minimum Gasteiger partial charge on any atom is -0.462 e. The summed E-state index contributed by atoms with van der Waals surface area (Å²) in [6.45, 7) is 3.86. The highest BCUT2D eigenvalue weighted by molar-refractivity contribution is 9.10. The molecule has 7 heteroatoms. The Morgan fingerprint density at radius 1 is 1.48 bits per heavy atom. The summed E-state index contributed by atoms with van der Waals surface area (Å²) in [5.74, 6) is -0.130. The molecule has 1 aliphatic carbocycles. The van der Waals surface area contributed by atoms with Crippen molar-refractivity contribution in [3.8, 4) is 0 Å². The molecule has 5 nitrogen and oxygen atoms in total. The molecule has 0 saturated heterocycles. The molecule has 1 fully saturated rings. The lowest BCUT2D eigenvalue weighted by Gasteiger charge is -2.07. The van der Waals surface area contributed by atoms with Crippen molar-refractivity contribution in [3.63, 3.8) is 0 Å². The summed E-state index contributed by atoms with van der Waals surface area (Å²) < 4.78 is 11.0. The quantitative estimate of drug-likeness (QED) is 0.741. The number of thiophene rings is 1. The van der Waals surface area contributed by atoms with Crippen molar-refractivity contribution in [3.05, 3.63) is 38.6 Å². The van der Waals surface area contributed by atoms with E-state index in [0.29, 0.717) is 27.8 Å². The molecule has 122 valence electrons. The van der Waals surface area contributed by atoms with Gasteiger partial charge in [0.25, 0.3) is 5.91 Å². The van der Waals surface area contributed by atoms with E-state index >= 15 is 0 Å². The van der Waals surface area contributed by atoms with Gasteiger partial charge in [-0.05, 0) is 65.5 Å². The van der Waals surface area contributed by atoms with E-state index in [4.69, 9.17) is 9.15 Å². The van der Waals surface area contributed by atoms with Crippen LogP contribution in [0.2, 0.25) is 0 Å². The number of nitrogens with one attached hydrogen (secondary N) is 1. The first-order valence-corrected chi connectivity index (χ1v) is 9.04. The van der Waals surface area contributed by atoms with Crippen LogP contribution < -0.4 is 5.32 Å². The van der Waals surface area contributed by atoms with E-state index in [1.165, 1.54) is 11.3 Å². The predicted octanol–water partition coefficient (Wildman–Crippen LogP) is 4.72. The molecule has 1 saturated carbocycles. The van der Waals surface area contributed by atoms with E-state index in [-0.39, 0.29) is 17.6 Å². The largest absolute Gasteiger partial charge is 0.462 e. The van der Waals surface area contributed by atoms with Gasteiger partial charge in [0.2, 0.25) is 0 Å². The maximum absolute atomic E-state index is 12.4. The Labute approximate surface area is 146 Å². The molecule has 2 aromatic rings. The Hall–Kier alpha value is -1.60. The number of halogens is 1. The van der Waals surface area contributed by atoms with Gasteiger partial charge >= 0.3 is 5.97 Å². The molecule has 0 aromatic carbocycles. The Morgan fingerprint density at radius 2 is 2.22 bits per heavy atom. The molecule has 2 aromatic heterocycles. The van der Waals surface area contributed by atoms with E-state index in [0.717, 1.165) is 24.0 Å². The van der Waals surface area contributed by atoms with Crippen molar-refractivity contribution in [2.24, 2.45) is 0 Å². The van der Waals surface area contributed by atoms with Crippen LogP contribution in [0.5, 0.6) is 0 Å². The fourth-order valence-electron chi connectivity index (χ4n) is 2.40. The van der Waals surface area contributed by atoms with Crippen LogP contribution in [-0.4, -0.2) is 18.5 Å². The first-order chi connectivity index (χ1) is 11.0. The highest BCUT2D eigenvalue weighted by Crippen LogP contribution is 2.46. The SMILES string of the molecule is CCOC(=O)c1c(C2CC2)csc1NC(=O)c1oc(Br)cc1C. The second-order valence-electron chi connectivity index (χ2n) is 5.41. The van der Waals surface area contributed by atoms with E-state index in [2.05, 4.69) is 21.2 Å². The maximum atomic E-state index is 12.4. The number of carbonyl (C=O) groups is 2. The monoisotopic (exact) mass is 397 g/mol. The molecular weight excluding hydrogens is 382 g/mol. The van der Waals surface area contributed by atoms with Crippen LogP contribution in [0, 0.1) is 6.92 Å². The van der Waals surface area contributed by atoms with Crippen molar-refractivity contribution in [1.82, 2.24) is 0 Å². The van der Waals surface area contributed by atoms with Crippen LogP contribution in [-0.2, 0) is 4.74 Å². The Bertz CT molecular complexity index is 760. The third-order valence-electron chi connectivity index (χ3n) is 3.64. The zero-order valence-corrected chi connectivity index (χ0v) is 15.2. The summed E-state index contributed by atoms with van der Waals surface area (Å²) in [7, 11) is 0.